The van der Waals surface area contributed by atoms with Gasteiger partial charge in [0.15, 0.2) is 11.6 Å². The van der Waals surface area contributed by atoms with Crippen molar-refractivity contribution in [2.75, 3.05) is 13.1 Å². The summed E-state index contributed by atoms with van der Waals surface area (Å²) < 4.78 is 62.7. The Labute approximate surface area is 596 Å². The quantitative estimate of drug-likeness (QED) is 0.0906. The smallest absolute Gasteiger partial charge is 0.310 e. The fourth-order valence-electron chi connectivity index (χ4n) is 14.5. The lowest BCUT2D eigenvalue weighted by Gasteiger charge is -2.29. The number of ketones is 2. The summed E-state index contributed by atoms with van der Waals surface area (Å²) in [5, 5.41) is 17.2. The number of hydrogen-bond donors (Lipinski definition) is 3. The van der Waals surface area contributed by atoms with E-state index in [9.17, 15) is 50.7 Å². The predicted octanol–water partition coefficient (Wildman–Crippen LogP) is 13.2. The van der Waals surface area contributed by atoms with Gasteiger partial charge in [-0.1, -0.05) is 144 Å². The summed E-state index contributed by atoms with van der Waals surface area (Å²) in [4.78, 5) is 95.9. The van der Waals surface area contributed by atoms with E-state index in [0.29, 0.717) is 78.2 Å². The lowest BCUT2D eigenvalue weighted by atomic mass is 9.90. The number of carboxylic acids is 1. The van der Waals surface area contributed by atoms with Gasteiger partial charge in [0.25, 0.3) is 10.4 Å². The Balaban J connectivity index is 0.000000170. The van der Waals surface area contributed by atoms with Crippen LogP contribution in [-0.2, 0) is 61.7 Å². The standard InChI is InChI=1S/C37H42ClN3O6S2.C33H35ClN2O5S.C4H9NO2S/c1-36(16-17-36)49(45,46)40-34(44)37-21-26(37)12-6-4-2-3-5-11-25(18-24-10-9-13-27(38)19-24)33(43)41-23-28(20-30(41)31(42)22-37)47-35-39-29-14-7-8-15-32(29)48-35;34-24-12-8-9-21(16-24)15-22-10-4-2-1-3-5-11-23-18-33(23,31(39)40)19-28(37)27-17-25(20-36(27)30(22)38)41-32-35-26-13-6-7-14-29(26)42-32;1-4(2-3-4)8(5,6)7/h6-10,12-15,19,25-26,28,30H,2-5,11,16-18,20-23H2,1H3,(H,40,44);5-9,11-14,16,22-23,25,27H,1-4,10,15,17-20H2,(H,39,40);2-3H2,1H3,(H2,5,6,7)/b12-6-;11-5-;/t25-,26-,28-,30+,37-;22-,23-,25-,27+,33-;/m11./s1. The maximum atomic E-state index is 14.6. The molecule has 6 heterocycles. The van der Waals surface area contributed by atoms with Gasteiger partial charge in [0.1, 0.15) is 12.2 Å². The predicted molar refractivity (Wildman–Crippen MR) is 383 cm³/mol. The molecule has 19 nitrogen and oxygen atoms in total. The first kappa shape index (κ1) is 72.2. The lowest BCUT2D eigenvalue weighted by molar-refractivity contribution is -0.147. The van der Waals surface area contributed by atoms with Gasteiger partial charge < -0.3 is 24.4 Å². The summed E-state index contributed by atoms with van der Waals surface area (Å²) in [6, 6.07) is 29.1. The van der Waals surface area contributed by atoms with Gasteiger partial charge in [0, 0.05) is 47.6 Å². The van der Waals surface area contributed by atoms with Crippen LogP contribution in [-0.4, -0.2) is 124 Å². The topological polar surface area (TPSA) is 280 Å². The number of aromatic nitrogens is 2. The van der Waals surface area contributed by atoms with E-state index in [2.05, 4.69) is 26.8 Å². The highest BCUT2D eigenvalue weighted by molar-refractivity contribution is 7.91. The van der Waals surface area contributed by atoms with Crippen molar-refractivity contribution in [3.63, 3.8) is 0 Å². The zero-order valence-electron chi connectivity index (χ0n) is 55.7. The van der Waals surface area contributed by atoms with Gasteiger partial charge >= 0.3 is 5.97 Å². The summed E-state index contributed by atoms with van der Waals surface area (Å²) in [5.41, 5.74) is 1.34. The molecule has 2 aromatic heterocycles. The minimum absolute atomic E-state index is 0.0755. The van der Waals surface area contributed by atoms with E-state index in [1.165, 1.54) is 22.7 Å². The van der Waals surface area contributed by atoms with Crippen molar-refractivity contribution in [2.24, 2.45) is 39.6 Å². The van der Waals surface area contributed by atoms with Crippen molar-refractivity contribution in [1.29, 1.82) is 0 Å². The highest BCUT2D eigenvalue weighted by Crippen LogP contribution is 2.59. The van der Waals surface area contributed by atoms with Gasteiger partial charge in [-0.25, -0.2) is 31.9 Å². The third-order valence-electron chi connectivity index (χ3n) is 21.5. The molecule has 0 unspecified atom stereocenters. The number of rotatable bonds is 13. The number of nitrogens with zero attached hydrogens (tertiary/aromatic N) is 4. The first-order chi connectivity index (χ1) is 47.2. The van der Waals surface area contributed by atoms with E-state index in [0.717, 1.165) is 95.8 Å². The molecule has 99 heavy (non-hydrogen) atoms. The Morgan fingerprint density at radius 2 is 1.06 bits per heavy atom. The molecule has 0 spiro atoms. The monoisotopic (exact) mass is 1460 g/mol. The number of benzene rings is 4. The van der Waals surface area contributed by atoms with Crippen LogP contribution in [0.2, 0.25) is 10.0 Å². The van der Waals surface area contributed by atoms with Gasteiger partial charge in [-0.05, 0) is 175 Å². The molecule has 3 amide bonds. The summed E-state index contributed by atoms with van der Waals surface area (Å²) in [5.74, 6) is -3.29. The molecule has 0 bridgehead atoms. The third-order valence-corrected chi connectivity index (χ3v) is 27.8. The molecule has 10 atom stereocenters. The van der Waals surface area contributed by atoms with Crippen molar-refractivity contribution < 1.29 is 60.2 Å². The number of para-hydroxylation sites is 2. The van der Waals surface area contributed by atoms with Gasteiger partial charge in [-0.15, -0.1) is 0 Å². The summed E-state index contributed by atoms with van der Waals surface area (Å²) in [7, 11) is -7.11. The number of ether oxygens (including phenoxy) is 2. The number of hydrogen-bond acceptors (Lipinski definition) is 16. The minimum Gasteiger partial charge on any atom is -0.481 e. The molecule has 4 aliphatic heterocycles. The van der Waals surface area contributed by atoms with Crippen LogP contribution in [0, 0.1) is 34.5 Å². The molecule has 8 aliphatic rings. The lowest BCUT2D eigenvalue weighted by Crippen LogP contribution is -2.47. The average Bonchev–Trinajstić information content (AvgIpc) is 1.57. The number of thiazole rings is 2. The van der Waals surface area contributed by atoms with E-state index < -0.39 is 76.5 Å². The fourth-order valence-corrected chi connectivity index (χ4v) is 18.7. The first-order valence-electron chi connectivity index (χ1n) is 34.6. The highest BCUT2D eigenvalue weighted by atomic mass is 35.5. The number of amides is 3. The van der Waals surface area contributed by atoms with Crippen LogP contribution in [0.3, 0.4) is 0 Å². The fraction of sp³-hybridized carbons (Fsp3) is 0.514. The molecule has 25 heteroatoms. The van der Waals surface area contributed by atoms with Crippen LogP contribution in [0.4, 0.5) is 0 Å². The van der Waals surface area contributed by atoms with Gasteiger partial charge in [-0.3, -0.25) is 33.5 Å². The molecule has 4 saturated carbocycles. The van der Waals surface area contributed by atoms with Crippen molar-refractivity contribution >= 4 is 122 Å². The molecule has 4 aliphatic carbocycles. The number of halogens is 2. The van der Waals surface area contributed by atoms with E-state index in [4.69, 9.17) is 37.8 Å². The normalized spacial score (nSPS) is 29.0. The van der Waals surface area contributed by atoms with Gasteiger partial charge in [-0.2, -0.15) is 0 Å². The molecular weight excluding hydrogens is 1380 g/mol. The van der Waals surface area contributed by atoms with Crippen LogP contribution < -0.4 is 19.3 Å². The zero-order valence-corrected chi connectivity index (χ0v) is 60.5. The van der Waals surface area contributed by atoms with Crippen molar-refractivity contribution in [3.05, 3.63) is 143 Å². The molecule has 6 fully saturated rings. The maximum Gasteiger partial charge on any atom is 0.310 e. The third kappa shape index (κ3) is 16.8. The number of primary sulfonamides is 1. The SMILES string of the molecule is CC1(S(=O)(=O)NC(=O)[C@]23CC(=O)[C@@H]4C[C@@H](Oc5nc6ccccc6s5)CN4C(=O)[C@@H](Cc4cccc(Cl)c4)CCCCC/C=C\[C@@H]2C3)CC1.CC1(S(N)(=O)=O)CC1.O=C1C[C@]2(C(=O)O)C[C@H]2/C=C\CCCCC[C@H](Cc2cccc(Cl)c2)C(=O)N2C[C@H](Oc3nc4ccccc4s3)C[C@@H]12. The van der Waals surface area contributed by atoms with E-state index in [1.54, 1.807) is 23.6 Å². The molecule has 6 aromatic rings. The minimum atomic E-state index is -3.89. The number of sulfonamides is 2. The van der Waals surface area contributed by atoms with E-state index in [-0.39, 0.29) is 79.4 Å². The van der Waals surface area contributed by atoms with E-state index >= 15 is 0 Å². The molecule has 2 saturated heterocycles. The van der Waals surface area contributed by atoms with Crippen molar-refractivity contribution in [2.45, 2.75) is 189 Å². The average molecular weight is 1470 g/mol. The Morgan fingerprint density at radius 1 is 0.616 bits per heavy atom. The number of Topliss-reactive ketones (excluding diaryl/α,β-unsaturated/α-hetero) is 2. The number of carbonyl (C=O) groups excluding carboxylic acids is 5. The van der Waals surface area contributed by atoms with Gasteiger partial charge in [0.05, 0.1) is 65.9 Å². The summed E-state index contributed by atoms with van der Waals surface area (Å²) >= 11 is 15.4. The number of nitrogens with one attached hydrogen (secondary N) is 1. The molecule has 4 N–H and O–H groups in total. The second-order valence-corrected chi connectivity index (χ2v) is 36.1. The van der Waals surface area contributed by atoms with Crippen LogP contribution >= 0.6 is 45.9 Å². The molecule has 14 rings (SSSR count). The maximum absolute atomic E-state index is 14.6. The van der Waals surface area contributed by atoms with Crippen LogP contribution in [0.15, 0.2) is 121 Å². The Morgan fingerprint density at radius 3 is 1.48 bits per heavy atom. The van der Waals surface area contributed by atoms with Crippen LogP contribution in [0.1, 0.15) is 153 Å². The number of aliphatic carboxylic acids is 1. The zero-order chi connectivity index (χ0) is 70.1. The van der Waals surface area contributed by atoms with E-state index in [1.807, 2.05) is 109 Å². The Bertz CT molecular complexity index is 4280. The van der Waals surface area contributed by atoms with Crippen molar-refractivity contribution in [3.8, 4) is 10.4 Å². The number of allylic oxidation sites excluding steroid dienone is 4. The largest absolute Gasteiger partial charge is 0.481 e. The molecule has 0 radical (unpaired) electrons. The molecular formula is C74H86Cl2N6O13S4. The van der Waals surface area contributed by atoms with Crippen LogP contribution in [0.25, 0.3) is 20.4 Å². The molecule has 528 valence electrons. The Kier molecular flexibility index (Phi) is 21.7. The van der Waals surface area contributed by atoms with Crippen LogP contribution in [0.5, 0.6) is 10.4 Å². The molecule has 4 aromatic carbocycles. The second kappa shape index (κ2) is 29.8. The summed E-state index contributed by atoms with van der Waals surface area (Å²) in [6.45, 7) is 3.79. The second-order valence-electron chi connectivity index (χ2n) is 29.0. The number of fused-ring (bicyclic) bond motifs is 6. The summed E-state index contributed by atoms with van der Waals surface area (Å²) in [6.07, 6.45) is 20.5. The number of nitrogens with two attached hydrogens (primary N) is 1. The first-order valence-corrected chi connectivity index (χ1v) is 40.0. The number of carbonyl (C=O) groups is 6. The van der Waals surface area contributed by atoms with Crippen molar-refractivity contribution in [1.82, 2.24) is 24.5 Å². The van der Waals surface area contributed by atoms with Gasteiger partial charge in [0.2, 0.25) is 37.8 Å². The number of carboxylic acid groups (broad SMARTS) is 1. The highest BCUT2D eigenvalue weighted by Gasteiger charge is 2.64. The Hall–Kier alpha value is -6.60.